The lowest BCUT2D eigenvalue weighted by Gasteiger charge is -2.12. The number of rotatable bonds is 9. The van der Waals surface area contributed by atoms with Crippen molar-refractivity contribution in [2.75, 3.05) is 25.6 Å². The number of carboxylic acid groups (broad SMARTS) is 1. The molecule has 0 aliphatic carbocycles. The Balaban J connectivity index is 1.54. The second kappa shape index (κ2) is 9.96. The average molecular weight is 482 g/mol. The first-order valence-electron chi connectivity index (χ1n) is 10.9. The molecule has 182 valence electrons. The van der Waals surface area contributed by atoms with Crippen LogP contribution in [0.2, 0.25) is 0 Å². The van der Waals surface area contributed by atoms with Crippen molar-refractivity contribution in [2.24, 2.45) is 0 Å². The number of anilines is 1. The van der Waals surface area contributed by atoms with Crippen molar-refractivity contribution in [1.82, 2.24) is 14.5 Å². The highest BCUT2D eigenvalue weighted by Crippen LogP contribution is 2.33. The number of aromatic nitrogens is 3. The van der Waals surface area contributed by atoms with Crippen molar-refractivity contribution in [3.63, 3.8) is 0 Å². The van der Waals surface area contributed by atoms with Crippen molar-refractivity contribution >= 4 is 22.7 Å². The van der Waals surface area contributed by atoms with E-state index < -0.39 is 17.6 Å². The van der Waals surface area contributed by atoms with Gasteiger partial charge in [0.05, 0.1) is 24.9 Å². The Kier molecular flexibility index (Phi) is 6.81. The molecule has 35 heavy (non-hydrogen) atoms. The standard InChI is InChI=1S/C25H24F2N4O4/c1-4-35-21-10-15(5-6-16(21)25(32)33)20-12-22(30-13-29-20)28-7-8-31-14(2)9-17-23(31)18(26)11-19(27)24(17)34-3/h5-6,9-13H,4,7-8H2,1-3H3,(H,32,33)(H,28,29,30). The lowest BCUT2D eigenvalue weighted by atomic mass is 10.1. The van der Waals surface area contributed by atoms with Gasteiger partial charge in [0.1, 0.15) is 23.5 Å². The Morgan fingerprint density at radius 2 is 1.94 bits per heavy atom. The zero-order valence-corrected chi connectivity index (χ0v) is 19.4. The maximum atomic E-state index is 14.6. The largest absolute Gasteiger partial charge is 0.493 e. The van der Waals surface area contributed by atoms with Crippen molar-refractivity contribution in [3.8, 4) is 22.8 Å². The van der Waals surface area contributed by atoms with Gasteiger partial charge in [-0.15, -0.1) is 0 Å². The molecule has 0 unspecified atom stereocenters. The number of hydrogen-bond donors (Lipinski definition) is 2. The van der Waals surface area contributed by atoms with Crippen LogP contribution in [-0.2, 0) is 6.54 Å². The molecule has 0 saturated heterocycles. The fourth-order valence-corrected chi connectivity index (χ4v) is 4.02. The third kappa shape index (κ3) is 4.72. The van der Waals surface area contributed by atoms with E-state index in [4.69, 9.17) is 9.47 Å². The molecule has 0 fully saturated rings. The van der Waals surface area contributed by atoms with Crippen LogP contribution >= 0.6 is 0 Å². The van der Waals surface area contributed by atoms with Crippen LogP contribution in [0.3, 0.4) is 0 Å². The van der Waals surface area contributed by atoms with E-state index in [1.54, 1.807) is 35.8 Å². The van der Waals surface area contributed by atoms with Gasteiger partial charge < -0.3 is 24.5 Å². The summed E-state index contributed by atoms with van der Waals surface area (Å²) in [4.78, 5) is 19.9. The third-order valence-electron chi connectivity index (χ3n) is 5.57. The Morgan fingerprint density at radius 3 is 2.66 bits per heavy atom. The van der Waals surface area contributed by atoms with Gasteiger partial charge in [0, 0.05) is 41.9 Å². The number of carboxylic acids is 1. The van der Waals surface area contributed by atoms with Crippen molar-refractivity contribution < 1.29 is 28.2 Å². The van der Waals surface area contributed by atoms with E-state index in [1.165, 1.54) is 19.5 Å². The molecular weight excluding hydrogens is 458 g/mol. The van der Waals surface area contributed by atoms with Crippen molar-refractivity contribution in [3.05, 3.63) is 65.6 Å². The van der Waals surface area contributed by atoms with E-state index >= 15 is 0 Å². The number of nitrogens with one attached hydrogen (secondary N) is 1. The molecule has 4 aromatic rings. The summed E-state index contributed by atoms with van der Waals surface area (Å²) in [5.74, 6) is -1.68. The molecule has 0 amide bonds. The van der Waals surface area contributed by atoms with E-state index in [2.05, 4.69) is 15.3 Å². The monoisotopic (exact) mass is 482 g/mol. The lowest BCUT2D eigenvalue weighted by molar-refractivity contribution is 0.0692. The van der Waals surface area contributed by atoms with Gasteiger partial charge in [-0.25, -0.2) is 23.5 Å². The van der Waals surface area contributed by atoms with Crippen molar-refractivity contribution in [1.29, 1.82) is 0 Å². The summed E-state index contributed by atoms with van der Waals surface area (Å²) >= 11 is 0. The van der Waals surface area contributed by atoms with Gasteiger partial charge in [0.25, 0.3) is 0 Å². The minimum Gasteiger partial charge on any atom is -0.493 e. The molecule has 0 saturated carbocycles. The number of ether oxygens (including phenoxy) is 2. The fraction of sp³-hybridized carbons (Fsp3) is 0.240. The summed E-state index contributed by atoms with van der Waals surface area (Å²) in [5, 5.41) is 12.9. The van der Waals surface area contributed by atoms with Crippen molar-refractivity contribution in [2.45, 2.75) is 20.4 Å². The molecule has 10 heteroatoms. The predicted octanol–water partition coefficient (Wildman–Crippen LogP) is 4.90. The summed E-state index contributed by atoms with van der Waals surface area (Å²) < 4.78 is 41.0. The number of benzene rings is 2. The smallest absolute Gasteiger partial charge is 0.339 e. The summed E-state index contributed by atoms with van der Waals surface area (Å²) in [6, 6.07) is 9.01. The molecular formula is C25H24F2N4O4. The second-order valence-electron chi connectivity index (χ2n) is 7.74. The molecule has 4 rings (SSSR count). The van der Waals surface area contributed by atoms with E-state index in [9.17, 15) is 18.7 Å². The van der Waals surface area contributed by atoms with E-state index in [0.29, 0.717) is 42.2 Å². The number of methoxy groups -OCH3 is 1. The molecule has 0 spiro atoms. The van der Waals surface area contributed by atoms with Gasteiger partial charge in [-0.05, 0) is 32.0 Å². The summed E-state index contributed by atoms with van der Waals surface area (Å²) in [7, 11) is 1.35. The highest BCUT2D eigenvalue weighted by atomic mass is 19.1. The minimum atomic E-state index is -1.07. The number of halogens is 2. The fourth-order valence-electron chi connectivity index (χ4n) is 4.02. The maximum absolute atomic E-state index is 14.6. The number of fused-ring (bicyclic) bond motifs is 1. The van der Waals surface area contributed by atoms with Crippen LogP contribution in [0.15, 0.2) is 42.7 Å². The molecule has 8 nitrogen and oxygen atoms in total. The van der Waals surface area contributed by atoms with Gasteiger partial charge in [-0.2, -0.15) is 0 Å². The molecule has 0 aliphatic rings. The van der Waals surface area contributed by atoms with Crippen LogP contribution in [0.4, 0.5) is 14.6 Å². The molecule has 2 aromatic carbocycles. The molecule has 2 aromatic heterocycles. The first-order chi connectivity index (χ1) is 16.8. The normalized spacial score (nSPS) is 11.0. The summed E-state index contributed by atoms with van der Waals surface area (Å²) in [6.07, 6.45) is 1.40. The van der Waals surface area contributed by atoms with Gasteiger partial charge >= 0.3 is 5.97 Å². The van der Waals surface area contributed by atoms with Crippen LogP contribution < -0.4 is 14.8 Å². The highest BCUT2D eigenvalue weighted by Gasteiger charge is 2.19. The highest BCUT2D eigenvalue weighted by molar-refractivity contribution is 5.92. The molecule has 0 radical (unpaired) electrons. The van der Waals surface area contributed by atoms with E-state index in [1.807, 2.05) is 6.92 Å². The first-order valence-corrected chi connectivity index (χ1v) is 10.9. The van der Waals surface area contributed by atoms with Crippen LogP contribution in [0.5, 0.6) is 11.5 Å². The number of nitrogens with zero attached hydrogens (tertiary/aromatic N) is 3. The predicted molar refractivity (Wildman–Crippen MR) is 127 cm³/mol. The van der Waals surface area contributed by atoms with Gasteiger partial charge in [0.15, 0.2) is 17.4 Å². The average Bonchev–Trinajstić information content (AvgIpc) is 3.15. The Labute approximate surface area is 200 Å². The molecule has 0 bridgehead atoms. The van der Waals surface area contributed by atoms with Crippen LogP contribution in [-0.4, -0.2) is 45.9 Å². The molecule has 2 heterocycles. The van der Waals surface area contributed by atoms with E-state index in [-0.39, 0.29) is 22.6 Å². The summed E-state index contributed by atoms with van der Waals surface area (Å²) in [6.45, 7) is 4.72. The summed E-state index contributed by atoms with van der Waals surface area (Å²) in [5.41, 5.74) is 2.35. The molecule has 0 aliphatic heterocycles. The zero-order valence-electron chi connectivity index (χ0n) is 19.4. The lowest BCUT2D eigenvalue weighted by Crippen LogP contribution is -2.13. The topological polar surface area (TPSA) is 98.5 Å². The third-order valence-corrected chi connectivity index (χ3v) is 5.57. The quantitative estimate of drug-likeness (QED) is 0.350. The van der Waals surface area contributed by atoms with Gasteiger partial charge in [-0.1, -0.05) is 6.07 Å². The second-order valence-corrected chi connectivity index (χ2v) is 7.74. The Bertz CT molecular complexity index is 1400. The Morgan fingerprint density at radius 1 is 1.14 bits per heavy atom. The van der Waals surface area contributed by atoms with Gasteiger partial charge in [-0.3, -0.25) is 0 Å². The van der Waals surface area contributed by atoms with Crippen LogP contribution in [0.1, 0.15) is 23.0 Å². The maximum Gasteiger partial charge on any atom is 0.339 e. The Hall–Kier alpha value is -4.21. The van der Waals surface area contributed by atoms with Gasteiger partial charge in [0.2, 0.25) is 0 Å². The van der Waals surface area contributed by atoms with Crippen LogP contribution in [0.25, 0.3) is 22.2 Å². The number of aromatic carboxylic acids is 1. The zero-order chi connectivity index (χ0) is 25.1. The number of aryl methyl sites for hydroxylation is 1. The molecule has 0 atom stereocenters. The number of hydrogen-bond acceptors (Lipinski definition) is 6. The SMILES string of the molecule is CCOc1cc(-c2cc(NCCn3c(C)cc4c(OC)c(F)cc(F)c43)ncn2)ccc1C(=O)O. The number of carbonyl (C=O) groups is 1. The van der Waals surface area contributed by atoms with Crippen LogP contribution in [0, 0.1) is 18.6 Å². The molecule has 2 N–H and O–H groups in total. The minimum absolute atomic E-state index is 0.0111. The van der Waals surface area contributed by atoms with E-state index in [0.717, 1.165) is 11.8 Å². The first kappa shape index (κ1) is 23.9.